The Balaban J connectivity index is 2.24. The number of hydrogen-bond acceptors (Lipinski definition) is 5. The fourth-order valence-electron chi connectivity index (χ4n) is 1.95. The molecule has 3 rings (SSSR count). The van der Waals surface area contributed by atoms with E-state index in [0.717, 1.165) is 4.40 Å². The SMILES string of the molecule is O=c1c([N+](=O)[O-])c(Oc2cc(Br)ccc2Cl)nc2ccccn12. The third kappa shape index (κ3) is 2.90. The predicted octanol–water partition coefficient (Wildman–Crippen LogP) is 3.81. The van der Waals surface area contributed by atoms with Gasteiger partial charge in [0.05, 0.1) is 9.95 Å². The van der Waals surface area contributed by atoms with Crippen LogP contribution < -0.4 is 10.3 Å². The number of ether oxygens (including phenoxy) is 1. The first-order valence-corrected chi connectivity index (χ1v) is 7.43. The van der Waals surface area contributed by atoms with Crippen LogP contribution in [-0.4, -0.2) is 14.3 Å². The van der Waals surface area contributed by atoms with E-state index in [1.165, 1.54) is 12.3 Å². The third-order valence-corrected chi connectivity index (χ3v) is 3.77. The molecule has 7 nitrogen and oxygen atoms in total. The standard InChI is InChI=1S/C14H7BrClN3O4/c15-8-4-5-9(16)10(7-8)23-13-12(19(21)22)14(20)18-6-2-1-3-11(18)17-13/h1-7H. The Kier molecular flexibility index (Phi) is 4.01. The van der Waals surface area contributed by atoms with E-state index in [0.29, 0.717) is 4.47 Å². The van der Waals surface area contributed by atoms with Crippen LogP contribution in [0.4, 0.5) is 5.69 Å². The number of nitrogens with zero attached hydrogens (tertiary/aromatic N) is 3. The molecule has 0 unspecified atom stereocenters. The van der Waals surface area contributed by atoms with Gasteiger partial charge in [0.15, 0.2) is 0 Å². The maximum atomic E-state index is 12.3. The van der Waals surface area contributed by atoms with E-state index < -0.39 is 22.0 Å². The first kappa shape index (κ1) is 15.4. The lowest BCUT2D eigenvalue weighted by molar-refractivity contribution is -0.387. The topological polar surface area (TPSA) is 86.7 Å². The molecule has 0 saturated heterocycles. The molecule has 2 aromatic heterocycles. The monoisotopic (exact) mass is 395 g/mol. The van der Waals surface area contributed by atoms with Crippen LogP contribution >= 0.6 is 27.5 Å². The van der Waals surface area contributed by atoms with Gasteiger partial charge in [-0.2, -0.15) is 4.98 Å². The van der Waals surface area contributed by atoms with Crippen molar-refractivity contribution in [2.75, 3.05) is 0 Å². The van der Waals surface area contributed by atoms with E-state index in [4.69, 9.17) is 16.3 Å². The minimum absolute atomic E-state index is 0.149. The van der Waals surface area contributed by atoms with Crippen LogP contribution in [0.15, 0.2) is 51.9 Å². The molecule has 0 aliphatic carbocycles. The van der Waals surface area contributed by atoms with Crippen LogP contribution in [-0.2, 0) is 0 Å². The molecule has 9 heteroatoms. The molecular weight excluding hydrogens is 390 g/mol. The van der Waals surface area contributed by atoms with Gasteiger partial charge in [-0.1, -0.05) is 33.6 Å². The largest absolute Gasteiger partial charge is 0.432 e. The van der Waals surface area contributed by atoms with Gasteiger partial charge < -0.3 is 4.74 Å². The first-order chi connectivity index (χ1) is 11.0. The molecule has 0 fully saturated rings. The highest BCUT2D eigenvalue weighted by atomic mass is 79.9. The Morgan fingerprint density at radius 1 is 1.30 bits per heavy atom. The number of aromatic nitrogens is 2. The smallest absolute Gasteiger partial charge is 0.396 e. The summed E-state index contributed by atoms with van der Waals surface area (Å²) >= 11 is 9.26. The van der Waals surface area contributed by atoms with Crippen LogP contribution in [0.25, 0.3) is 5.65 Å². The Labute approximate surface area is 142 Å². The Hall–Kier alpha value is -2.45. The van der Waals surface area contributed by atoms with Crippen LogP contribution in [0.5, 0.6) is 11.6 Å². The Bertz CT molecular complexity index is 989. The van der Waals surface area contributed by atoms with Crippen molar-refractivity contribution in [2.45, 2.75) is 0 Å². The molecule has 116 valence electrons. The molecule has 1 aromatic carbocycles. The Morgan fingerprint density at radius 3 is 2.83 bits per heavy atom. The van der Waals surface area contributed by atoms with Gasteiger partial charge in [-0.15, -0.1) is 0 Å². The minimum atomic E-state index is -0.832. The highest BCUT2D eigenvalue weighted by Gasteiger charge is 2.26. The van der Waals surface area contributed by atoms with Gasteiger partial charge in [0.25, 0.3) is 0 Å². The molecule has 0 aliphatic heterocycles. The number of rotatable bonds is 3. The van der Waals surface area contributed by atoms with Crippen molar-refractivity contribution in [3.63, 3.8) is 0 Å². The second kappa shape index (κ2) is 5.98. The number of fused-ring (bicyclic) bond motifs is 1. The predicted molar refractivity (Wildman–Crippen MR) is 87.3 cm³/mol. The van der Waals surface area contributed by atoms with E-state index in [9.17, 15) is 14.9 Å². The fraction of sp³-hybridized carbons (Fsp3) is 0. The summed E-state index contributed by atoms with van der Waals surface area (Å²) in [4.78, 5) is 26.8. The quantitative estimate of drug-likeness (QED) is 0.496. The molecule has 23 heavy (non-hydrogen) atoms. The minimum Gasteiger partial charge on any atom is -0.432 e. The highest BCUT2D eigenvalue weighted by Crippen LogP contribution is 2.34. The van der Waals surface area contributed by atoms with E-state index in [1.54, 1.807) is 30.3 Å². The maximum absolute atomic E-state index is 12.3. The molecule has 2 heterocycles. The maximum Gasteiger partial charge on any atom is 0.396 e. The zero-order valence-corrected chi connectivity index (χ0v) is 13.6. The average Bonchev–Trinajstić information content (AvgIpc) is 2.51. The van der Waals surface area contributed by atoms with E-state index in [-0.39, 0.29) is 16.4 Å². The summed E-state index contributed by atoms with van der Waals surface area (Å²) in [5, 5.41) is 11.5. The highest BCUT2D eigenvalue weighted by molar-refractivity contribution is 9.10. The molecular formula is C14H7BrClN3O4. The van der Waals surface area contributed by atoms with Gasteiger partial charge in [0.1, 0.15) is 11.4 Å². The van der Waals surface area contributed by atoms with Crippen molar-refractivity contribution in [1.82, 2.24) is 9.38 Å². The molecule has 0 N–H and O–H groups in total. The van der Waals surface area contributed by atoms with Crippen LogP contribution in [0, 0.1) is 10.1 Å². The molecule has 0 saturated carbocycles. The fourth-order valence-corrected chi connectivity index (χ4v) is 2.44. The second-order valence-corrected chi connectivity index (χ2v) is 5.76. The molecule has 0 aliphatic rings. The van der Waals surface area contributed by atoms with Crippen molar-refractivity contribution >= 4 is 38.9 Å². The van der Waals surface area contributed by atoms with Gasteiger partial charge in [0.2, 0.25) is 0 Å². The first-order valence-electron chi connectivity index (χ1n) is 6.26. The van der Waals surface area contributed by atoms with Crippen molar-refractivity contribution in [2.24, 2.45) is 0 Å². The second-order valence-electron chi connectivity index (χ2n) is 4.43. The summed E-state index contributed by atoms with van der Waals surface area (Å²) in [7, 11) is 0. The van der Waals surface area contributed by atoms with Crippen molar-refractivity contribution < 1.29 is 9.66 Å². The molecule has 0 amide bonds. The summed E-state index contributed by atoms with van der Waals surface area (Å²) in [6.07, 6.45) is 1.40. The lowest BCUT2D eigenvalue weighted by atomic mass is 10.3. The lowest BCUT2D eigenvalue weighted by Gasteiger charge is -2.08. The van der Waals surface area contributed by atoms with E-state index >= 15 is 0 Å². The van der Waals surface area contributed by atoms with Crippen LogP contribution in [0.1, 0.15) is 0 Å². The zero-order chi connectivity index (χ0) is 16.6. The van der Waals surface area contributed by atoms with Gasteiger partial charge in [-0.25, -0.2) is 0 Å². The van der Waals surface area contributed by atoms with Gasteiger partial charge >= 0.3 is 17.1 Å². The number of benzene rings is 1. The lowest BCUT2D eigenvalue weighted by Crippen LogP contribution is -2.19. The zero-order valence-electron chi connectivity index (χ0n) is 11.3. The van der Waals surface area contributed by atoms with E-state index in [1.807, 2.05) is 0 Å². The van der Waals surface area contributed by atoms with E-state index in [2.05, 4.69) is 20.9 Å². The Morgan fingerprint density at radius 2 is 2.09 bits per heavy atom. The summed E-state index contributed by atoms with van der Waals surface area (Å²) in [6, 6.07) is 9.54. The summed E-state index contributed by atoms with van der Waals surface area (Å²) in [5.74, 6) is -0.262. The van der Waals surface area contributed by atoms with Crippen molar-refractivity contribution in [3.8, 4) is 11.6 Å². The van der Waals surface area contributed by atoms with Crippen LogP contribution in [0.2, 0.25) is 5.02 Å². The molecule has 0 bridgehead atoms. The molecule has 0 atom stereocenters. The van der Waals surface area contributed by atoms with Gasteiger partial charge in [-0.05, 0) is 30.3 Å². The molecule has 0 spiro atoms. The van der Waals surface area contributed by atoms with Crippen molar-refractivity contribution in [3.05, 3.63) is 72.6 Å². The summed E-state index contributed by atoms with van der Waals surface area (Å²) in [5.41, 5.74) is -1.37. The number of hydrogen-bond donors (Lipinski definition) is 0. The number of halogens is 2. The van der Waals surface area contributed by atoms with Crippen LogP contribution in [0.3, 0.4) is 0 Å². The average molecular weight is 397 g/mol. The summed E-state index contributed by atoms with van der Waals surface area (Å²) < 4.78 is 7.18. The van der Waals surface area contributed by atoms with Crippen molar-refractivity contribution in [1.29, 1.82) is 0 Å². The molecule has 0 radical (unpaired) electrons. The van der Waals surface area contributed by atoms with Gasteiger partial charge in [0, 0.05) is 10.7 Å². The normalized spacial score (nSPS) is 10.7. The summed E-state index contributed by atoms with van der Waals surface area (Å²) in [6.45, 7) is 0. The number of pyridine rings is 1. The van der Waals surface area contributed by atoms with Gasteiger partial charge in [-0.3, -0.25) is 19.3 Å². The molecule has 3 aromatic rings. The number of nitro groups is 1. The third-order valence-electron chi connectivity index (χ3n) is 2.96.